The van der Waals surface area contributed by atoms with Crippen molar-refractivity contribution in [1.29, 1.82) is 0 Å². The van der Waals surface area contributed by atoms with Crippen LogP contribution >= 0.6 is 11.6 Å². The minimum Gasteiger partial charge on any atom is -0.399 e. The van der Waals surface area contributed by atoms with E-state index in [0.717, 1.165) is 5.39 Å². The maximum Gasteiger partial charge on any atom is 0.318 e. The van der Waals surface area contributed by atoms with E-state index in [1.807, 2.05) is 0 Å². The zero-order chi connectivity index (χ0) is 15.1. The smallest absolute Gasteiger partial charge is 0.318 e. The molecule has 0 saturated carbocycles. The van der Waals surface area contributed by atoms with Crippen molar-refractivity contribution < 1.29 is 4.92 Å². The van der Waals surface area contributed by atoms with Crippen LogP contribution < -0.4 is 5.73 Å². The normalized spacial score (nSPS) is 11.0. The van der Waals surface area contributed by atoms with Gasteiger partial charge in [0.1, 0.15) is 0 Å². The van der Waals surface area contributed by atoms with Crippen molar-refractivity contribution >= 4 is 33.9 Å². The molecule has 0 unspecified atom stereocenters. The maximum atomic E-state index is 11.3. The summed E-state index contributed by atoms with van der Waals surface area (Å²) < 4.78 is 1.41. The van der Waals surface area contributed by atoms with Crippen LogP contribution in [0.3, 0.4) is 0 Å². The molecule has 7 nitrogen and oxygen atoms in total. The summed E-state index contributed by atoms with van der Waals surface area (Å²) in [5.74, 6) is 0.127. The van der Waals surface area contributed by atoms with Gasteiger partial charge in [-0.1, -0.05) is 11.6 Å². The Balaban J connectivity index is 2.33. The topological polar surface area (TPSA) is 99.9 Å². The molecule has 0 spiro atoms. The first-order valence-corrected chi connectivity index (χ1v) is 6.40. The zero-order valence-electron chi connectivity index (χ0n) is 10.9. The Labute approximate surface area is 124 Å². The van der Waals surface area contributed by atoms with Gasteiger partial charge in [0.25, 0.3) is 0 Å². The van der Waals surface area contributed by atoms with Gasteiger partial charge in [-0.25, -0.2) is 9.67 Å². The average molecular weight is 304 g/mol. The molecule has 1 aromatic carbocycles. The molecule has 0 atom stereocenters. The number of fused-ring (bicyclic) bond motifs is 1. The van der Waals surface area contributed by atoms with Crippen LogP contribution in [0.5, 0.6) is 0 Å². The fourth-order valence-corrected chi connectivity index (χ4v) is 2.29. The van der Waals surface area contributed by atoms with Crippen molar-refractivity contribution in [3.8, 4) is 5.82 Å². The van der Waals surface area contributed by atoms with E-state index in [1.54, 1.807) is 31.3 Å². The Kier molecular flexibility index (Phi) is 2.99. The number of hydrogen-bond donors (Lipinski definition) is 1. The number of nitrogens with zero attached hydrogens (tertiary/aromatic N) is 4. The maximum absolute atomic E-state index is 11.3. The van der Waals surface area contributed by atoms with E-state index in [0.29, 0.717) is 16.8 Å². The van der Waals surface area contributed by atoms with Crippen molar-refractivity contribution in [1.82, 2.24) is 14.8 Å². The molecule has 0 aliphatic heterocycles. The third-order valence-corrected chi connectivity index (χ3v) is 3.58. The summed E-state index contributed by atoms with van der Waals surface area (Å²) in [7, 11) is 0. The molecule has 8 heteroatoms. The number of nitrogens with two attached hydrogens (primary N) is 1. The van der Waals surface area contributed by atoms with Crippen molar-refractivity contribution in [3.63, 3.8) is 0 Å². The molecule has 3 rings (SSSR count). The summed E-state index contributed by atoms with van der Waals surface area (Å²) in [6, 6.07) is 5.19. The molecular formula is C13H10ClN5O2. The highest BCUT2D eigenvalue weighted by molar-refractivity contribution is 6.31. The number of hydrogen-bond acceptors (Lipinski definition) is 5. The first-order valence-electron chi connectivity index (χ1n) is 6.02. The molecular weight excluding hydrogens is 294 g/mol. The molecule has 3 aromatic rings. The highest BCUT2D eigenvalue weighted by Gasteiger charge is 2.24. The van der Waals surface area contributed by atoms with Crippen LogP contribution in [-0.4, -0.2) is 19.7 Å². The highest BCUT2D eigenvalue weighted by Crippen LogP contribution is 2.31. The van der Waals surface area contributed by atoms with Gasteiger partial charge in [-0.3, -0.25) is 10.1 Å². The van der Waals surface area contributed by atoms with Crippen LogP contribution in [0.15, 0.2) is 30.6 Å². The number of pyridine rings is 1. The summed E-state index contributed by atoms with van der Waals surface area (Å²) in [5, 5.41) is 16.5. The van der Waals surface area contributed by atoms with Gasteiger partial charge in [0.05, 0.1) is 27.2 Å². The lowest BCUT2D eigenvalue weighted by Gasteiger charge is -2.07. The summed E-state index contributed by atoms with van der Waals surface area (Å²) in [6.07, 6.45) is 2.96. The monoisotopic (exact) mass is 303 g/mol. The fourth-order valence-electron chi connectivity index (χ4n) is 2.15. The molecule has 0 saturated heterocycles. The van der Waals surface area contributed by atoms with Crippen LogP contribution in [-0.2, 0) is 0 Å². The van der Waals surface area contributed by atoms with E-state index < -0.39 is 4.92 Å². The lowest BCUT2D eigenvalue weighted by Crippen LogP contribution is -2.06. The second-order valence-electron chi connectivity index (χ2n) is 4.54. The molecule has 106 valence electrons. The quantitative estimate of drug-likeness (QED) is 0.446. The number of anilines is 1. The molecule has 2 aromatic heterocycles. The third kappa shape index (κ3) is 2.07. The molecule has 0 radical (unpaired) electrons. The van der Waals surface area contributed by atoms with Gasteiger partial charge in [-0.2, -0.15) is 5.10 Å². The molecule has 2 N–H and O–H groups in total. The van der Waals surface area contributed by atoms with E-state index in [-0.39, 0.29) is 16.5 Å². The highest BCUT2D eigenvalue weighted by atomic mass is 35.5. The number of rotatable bonds is 2. The Morgan fingerprint density at radius 3 is 2.86 bits per heavy atom. The molecule has 0 bridgehead atoms. The second kappa shape index (κ2) is 4.71. The number of nitro groups is 1. The van der Waals surface area contributed by atoms with Crippen LogP contribution in [0.4, 0.5) is 11.4 Å². The Morgan fingerprint density at radius 1 is 1.38 bits per heavy atom. The number of aromatic nitrogens is 3. The minimum atomic E-state index is -0.506. The number of nitrogen functional groups attached to an aromatic ring is 1. The predicted octanol–water partition coefficient (Wildman–Crippen LogP) is 2.87. The summed E-state index contributed by atoms with van der Waals surface area (Å²) in [6.45, 7) is 1.58. The Morgan fingerprint density at radius 2 is 2.14 bits per heavy atom. The molecule has 0 aliphatic rings. The summed E-state index contributed by atoms with van der Waals surface area (Å²) in [5.41, 5.74) is 7.18. The Hall–Kier alpha value is -2.67. The van der Waals surface area contributed by atoms with Gasteiger partial charge in [-0.05, 0) is 25.1 Å². The first-order chi connectivity index (χ1) is 9.99. The van der Waals surface area contributed by atoms with Crippen molar-refractivity contribution in [2.75, 3.05) is 5.73 Å². The van der Waals surface area contributed by atoms with Gasteiger partial charge in [0.15, 0.2) is 0 Å². The molecule has 0 aliphatic carbocycles. The molecule has 0 fully saturated rings. The van der Waals surface area contributed by atoms with E-state index in [9.17, 15) is 10.1 Å². The standard InChI is InChI=1S/C13H10ClN5O2/c1-7-10(14)6-16-13(12(7)19(20)21)18-11-3-2-9(15)4-8(11)5-17-18/h2-6H,15H2,1H3. The second-order valence-corrected chi connectivity index (χ2v) is 4.94. The lowest BCUT2D eigenvalue weighted by molar-refractivity contribution is -0.385. The van der Waals surface area contributed by atoms with Crippen LogP contribution in [0.2, 0.25) is 5.02 Å². The Bertz CT molecular complexity index is 874. The third-order valence-electron chi connectivity index (χ3n) is 3.20. The van der Waals surface area contributed by atoms with Crippen LogP contribution in [0.25, 0.3) is 16.7 Å². The largest absolute Gasteiger partial charge is 0.399 e. The lowest BCUT2D eigenvalue weighted by atomic mass is 10.2. The van der Waals surface area contributed by atoms with E-state index in [4.69, 9.17) is 17.3 Å². The van der Waals surface area contributed by atoms with E-state index in [1.165, 1.54) is 10.9 Å². The number of benzene rings is 1. The van der Waals surface area contributed by atoms with Crippen LogP contribution in [0, 0.1) is 17.0 Å². The minimum absolute atomic E-state index is 0.127. The summed E-state index contributed by atoms with van der Waals surface area (Å²) in [4.78, 5) is 14.9. The first kappa shape index (κ1) is 13.3. The molecule has 2 heterocycles. The van der Waals surface area contributed by atoms with Gasteiger partial charge < -0.3 is 5.73 Å². The number of halogens is 1. The van der Waals surface area contributed by atoms with E-state index >= 15 is 0 Å². The van der Waals surface area contributed by atoms with Gasteiger partial charge in [0.2, 0.25) is 5.82 Å². The molecule has 21 heavy (non-hydrogen) atoms. The summed E-state index contributed by atoms with van der Waals surface area (Å²) >= 11 is 5.92. The van der Waals surface area contributed by atoms with Crippen molar-refractivity contribution in [3.05, 3.63) is 51.3 Å². The van der Waals surface area contributed by atoms with Crippen molar-refractivity contribution in [2.45, 2.75) is 6.92 Å². The van der Waals surface area contributed by atoms with Gasteiger partial charge in [-0.15, -0.1) is 0 Å². The van der Waals surface area contributed by atoms with E-state index in [2.05, 4.69) is 10.1 Å². The predicted molar refractivity (Wildman–Crippen MR) is 79.7 cm³/mol. The zero-order valence-corrected chi connectivity index (χ0v) is 11.7. The van der Waals surface area contributed by atoms with Crippen molar-refractivity contribution in [2.24, 2.45) is 0 Å². The van der Waals surface area contributed by atoms with Gasteiger partial charge in [0, 0.05) is 17.3 Å². The molecule has 0 amide bonds. The van der Waals surface area contributed by atoms with Crippen LogP contribution in [0.1, 0.15) is 5.56 Å². The van der Waals surface area contributed by atoms with Gasteiger partial charge >= 0.3 is 5.69 Å². The SMILES string of the molecule is Cc1c(Cl)cnc(-n2ncc3cc(N)ccc32)c1[N+](=O)[O-]. The fraction of sp³-hybridized carbons (Fsp3) is 0.0769. The average Bonchev–Trinajstić information content (AvgIpc) is 2.84.